The molecule has 1 aromatic rings. The number of hydrogen-bond acceptors (Lipinski definition) is 5. The molecule has 0 aromatic carbocycles. The molecule has 2 heterocycles. The van der Waals surface area contributed by atoms with Gasteiger partial charge in [-0.3, -0.25) is 9.69 Å². The van der Waals surface area contributed by atoms with E-state index in [1.807, 2.05) is 26.1 Å². The number of amides is 1. The highest BCUT2D eigenvalue weighted by Gasteiger charge is 2.25. The van der Waals surface area contributed by atoms with Crippen LogP contribution < -0.4 is 5.73 Å². The Morgan fingerprint density at radius 2 is 2.43 bits per heavy atom. The standard InChI is InChI=1S/C14H22ClN3O2S/c1-10(16)12-8-18(5-6-20-12)9-14(19)17(2)7-11-3-4-13(15)21-11/h3-4,10,12H,5-9,16H2,1-2H3. The molecule has 1 aliphatic heterocycles. The molecule has 1 aliphatic rings. The first kappa shape index (κ1) is 16.7. The van der Waals surface area contributed by atoms with Crippen LogP contribution in [0.4, 0.5) is 0 Å². The molecule has 0 radical (unpaired) electrons. The Balaban J connectivity index is 1.82. The van der Waals surface area contributed by atoms with E-state index in [4.69, 9.17) is 22.1 Å². The number of ether oxygens (including phenoxy) is 1. The summed E-state index contributed by atoms with van der Waals surface area (Å²) in [6.45, 7) is 5.04. The summed E-state index contributed by atoms with van der Waals surface area (Å²) in [5.41, 5.74) is 5.87. The van der Waals surface area contributed by atoms with Crippen molar-refractivity contribution in [3.05, 3.63) is 21.3 Å². The van der Waals surface area contributed by atoms with Gasteiger partial charge in [0.25, 0.3) is 0 Å². The summed E-state index contributed by atoms with van der Waals surface area (Å²) in [4.78, 5) is 17.2. The lowest BCUT2D eigenvalue weighted by molar-refractivity contribution is -0.133. The number of carbonyl (C=O) groups is 1. The highest BCUT2D eigenvalue weighted by atomic mass is 35.5. The Labute approximate surface area is 134 Å². The number of nitrogens with zero attached hydrogens (tertiary/aromatic N) is 2. The van der Waals surface area contributed by atoms with Crippen molar-refractivity contribution >= 4 is 28.8 Å². The highest BCUT2D eigenvalue weighted by Crippen LogP contribution is 2.22. The molecule has 118 valence electrons. The minimum atomic E-state index is -0.0195. The topological polar surface area (TPSA) is 58.8 Å². The Bertz CT molecular complexity index is 481. The number of hydrogen-bond donors (Lipinski definition) is 1. The van der Waals surface area contributed by atoms with Crippen LogP contribution in [0.1, 0.15) is 11.8 Å². The molecular weight excluding hydrogens is 310 g/mol. The molecule has 2 rings (SSSR count). The Morgan fingerprint density at radius 1 is 1.67 bits per heavy atom. The summed E-state index contributed by atoms with van der Waals surface area (Å²) in [5, 5.41) is 0. The molecule has 2 N–H and O–H groups in total. The van der Waals surface area contributed by atoms with Crippen LogP contribution >= 0.6 is 22.9 Å². The van der Waals surface area contributed by atoms with Crippen LogP contribution in [-0.2, 0) is 16.1 Å². The molecule has 1 amide bonds. The van der Waals surface area contributed by atoms with Gasteiger partial charge >= 0.3 is 0 Å². The van der Waals surface area contributed by atoms with Crippen LogP contribution in [0.25, 0.3) is 0 Å². The van der Waals surface area contributed by atoms with Crippen molar-refractivity contribution in [2.45, 2.75) is 25.6 Å². The lowest BCUT2D eigenvalue weighted by atomic mass is 10.1. The second kappa shape index (κ2) is 7.56. The summed E-state index contributed by atoms with van der Waals surface area (Å²) in [6.07, 6.45) is 0.00737. The van der Waals surface area contributed by atoms with Gasteiger partial charge in [0.2, 0.25) is 5.91 Å². The summed E-state index contributed by atoms with van der Waals surface area (Å²) in [5.74, 6) is 0.102. The molecule has 5 nitrogen and oxygen atoms in total. The normalized spacial score (nSPS) is 21.2. The van der Waals surface area contributed by atoms with Crippen LogP contribution in [-0.4, -0.2) is 61.1 Å². The van der Waals surface area contributed by atoms with Gasteiger partial charge in [0, 0.05) is 31.1 Å². The molecule has 0 saturated carbocycles. The maximum absolute atomic E-state index is 12.3. The molecule has 2 unspecified atom stereocenters. The lowest BCUT2D eigenvalue weighted by Gasteiger charge is -2.35. The second-order valence-electron chi connectivity index (χ2n) is 5.46. The number of carbonyl (C=O) groups excluding carboxylic acids is 1. The van der Waals surface area contributed by atoms with E-state index in [-0.39, 0.29) is 18.1 Å². The largest absolute Gasteiger partial charge is 0.374 e. The summed E-state index contributed by atoms with van der Waals surface area (Å²) >= 11 is 7.41. The molecule has 1 aromatic heterocycles. The molecule has 0 aliphatic carbocycles. The number of nitrogens with two attached hydrogens (primary N) is 1. The van der Waals surface area contributed by atoms with Crippen molar-refractivity contribution in [3.63, 3.8) is 0 Å². The van der Waals surface area contributed by atoms with Gasteiger partial charge in [-0.1, -0.05) is 11.6 Å². The van der Waals surface area contributed by atoms with Crippen LogP contribution in [0.15, 0.2) is 12.1 Å². The van der Waals surface area contributed by atoms with Crippen LogP contribution in [0.3, 0.4) is 0 Å². The van der Waals surface area contributed by atoms with E-state index >= 15 is 0 Å². The summed E-state index contributed by atoms with van der Waals surface area (Å²) in [7, 11) is 1.82. The first-order valence-electron chi connectivity index (χ1n) is 7.03. The number of likely N-dealkylation sites (N-methyl/N-ethyl adjacent to an activating group) is 1. The Morgan fingerprint density at radius 3 is 3.05 bits per heavy atom. The Kier molecular flexibility index (Phi) is 6.01. The third-order valence-corrected chi connectivity index (χ3v) is 4.79. The van der Waals surface area contributed by atoms with Gasteiger partial charge in [-0.05, 0) is 19.1 Å². The zero-order valence-corrected chi connectivity index (χ0v) is 14.0. The van der Waals surface area contributed by atoms with Gasteiger partial charge in [-0.2, -0.15) is 0 Å². The van der Waals surface area contributed by atoms with Crippen LogP contribution in [0, 0.1) is 0 Å². The molecule has 1 saturated heterocycles. The Hall–Kier alpha value is -0.660. The van der Waals surface area contributed by atoms with Crippen molar-refractivity contribution in [1.82, 2.24) is 9.80 Å². The van der Waals surface area contributed by atoms with E-state index in [1.165, 1.54) is 11.3 Å². The maximum atomic E-state index is 12.3. The number of rotatable bonds is 5. The van der Waals surface area contributed by atoms with Gasteiger partial charge in [0.15, 0.2) is 0 Å². The minimum absolute atomic E-state index is 0.00737. The van der Waals surface area contributed by atoms with E-state index in [0.29, 0.717) is 26.2 Å². The molecule has 1 fully saturated rings. The first-order chi connectivity index (χ1) is 9.95. The number of morpholine rings is 1. The van der Waals surface area contributed by atoms with Crippen molar-refractivity contribution in [2.75, 3.05) is 33.3 Å². The second-order valence-corrected chi connectivity index (χ2v) is 7.26. The molecule has 0 bridgehead atoms. The van der Waals surface area contributed by atoms with E-state index in [1.54, 1.807) is 4.90 Å². The van der Waals surface area contributed by atoms with E-state index in [9.17, 15) is 4.79 Å². The quantitative estimate of drug-likeness (QED) is 0.886. The number of thiophene rings is 1. The zero-order chi connectivity index (χ0) is 15.4. The average Bonchev–Trinajstić information content (AvgIpc) is 2.84. The van der Waals surface area contributed by atoms with Crippen LogP contribution in [0.5, 0.6) is 0 Å². The fourth-order valence-electron chi connectivity index (χ4n) is 2.26. The predicted octanol–water partition coefficient (Wildman–Crippen LogP) is 1.41. The molecule has 21 heavy (non-hydrogen) atoms. The lowest BCUT2D eigenvalue weighted by Crippen LogP contribution is -2.51. The van der Waals surface area contributed by atoms with E-state index in [0.717, 1.165) is 15.8 Å². The van der Waals surface area contributed by atoms with Crippen molar-refractivity contribution in [2.24, 2.45) is 5.73 Å². The molecule has 0 spiro atoms. The monoisotopic (exact) mass is 331 g/mol. The predicted molar refractivity (Wildman–Crippen MR) is 85.6 cm³/mol. The van der Waals surface area contributed by atoms with Gasteiger partial charge < -0.3 is 15.4 Å². The highest BCUT2D eigenvalue weighted by molar-refractivity contribution is 7.16. The number of halogens is 1. The first-order valence-corrected chi connectivity index (χ1v) is 8.23. The van der Waals surface area contributed by atoms with Crippen molar-refractivity contribution < 1.29 is 9.53 Å². The molecule has 7 heteroatoms. The molecule has 2 atom stereocenters. The zero-order valence-electron chi connectivity index (χ0n) is 12.4. The molecular formula is C14H22ClN3O2S. The van der Waals surface area contributed by atoms with Gasteiger partial charge in [-0.15, -0.1) is 11.3 Å². The van der Waals surface area contributed by atoms with Crippen molar-refractivity contribution in [3.8, 4) is 0 Å². The smallest absolute Gasteiger partial charge is 0.236 e. The fourth-order valence-corrected chi connectivity index (χ4v) is 3.41. The third-order valence-electron chi connectivity index (χ3n) is 3.57. The average molecular weight is 332 g/mol. The van der Waals surface area contributed by atoms with E-state index < -0.39 is 0 Å². The van der Waals surface area contributed by atoms with Gasteiger partial charge in [0.1, 0.15) is 0 Å². The maximum Gasteiger partial charge on any atom is 0.236 e. The van der Waals surface area contributed by atoms with Crippen LogP contribution in [0.2, 0.25) is 4.34 Å². The third kappa shape index (κ3) is 4.93. The summed E-state index contributed by atoms with van der Waals surface area (Å²) in [6, 6.07) is 3.79. The van der Waals surface area contributed by atoms with Gasteiger partial charge in [-0.25, -0.2) is 0 Å². The fraction of sp³-hybridized carbons (Fsp3) is 0.643. The van der Waals surface area contributed by atoms with Crippen molar-refractivity contribution in [1.29, 1.82) is 0 Å². The van der Waals surface area contributed by atoms with Gasteiger partial charge in [0.05, 0.1) is 30.1 Å². The van der Waals surface area contributed by atoms with E-state index in [2.05, 4.69) is 4.90 Å². The SMILES string of the molecule is CC(N)C1CN(CC(=O)N(C)Cc2ccc(Cl)s2)CCO1. The minimum Gasteiger partial charge on any atom is -0.374 e. The summed E-state index contributed by atoms with van der Waals surface area (Å²) < 4.78 is 6.35.